The highest BCUT2D eigenvalue weighted by Gasteiger charge is 2.57. The van der Waals surface area contributed by atoms with Crippen molar-refractivity contribution in [2.75, 3.05) is 19.6 Å². The molecular weight excluding hydrogens is 519 g/mol. The average molecular weight is 561 g/mol. The Labute approximate surface area is 241 Å². The smallest absolute Gasteiger partial charge is 0.231 e. The van der Waals surface area contributed by atoms with Crippen LogP contribution in [0.2, 0.25) is 0 Å². The normalized spacial score (nSPS) is 22.2. The van der Waals surface area contributed by atoms with Gasteiger partial charge in [-0.3, -0.25) is 14.4 Å². The minimum Gasteiger partial charge on any atom is -0.369 e. The third-order valence-electron chi connectivity index (χ3n) is 9.67. The molecule has 5 rings (SSSR count). The number of fused-ring (bicyclic) bond motifs is 1. The molecule has 2 fully saturated rings. The van der Waals surface area contributed by atoms with Crippen LogP contribution in [-0.2, 0) is 27.9 Å². The monoisotopic (exact) mass is 560 g/mol. The van der Waals surface area contributed by atoms with Crippen LogP contribution in [0, 0.1) is 22.6 Å². The fraction of sp³-hybridized carbons (Fsp3) is 0.485. The third kappa shape index (κ3) is 4.91. The summed E-state index contributed by atoms with van der Waals surface area (Å²) >= 11 is 0. The molecule has 41 heavy (non-hydrogen) atoms. The van der Waals surface area contributed by atoms with Crippen LogP contribution in [0.3, 0.4) is 0 Å². The molecule has 2 unspecified atom stereocenters. The second-order valence-electron chi connectivity index (χ2n) is 12.8. The van der Waals surface area contributed by atoms with Gasteiger partial charge in [-0.05, 0) is 62.4 Å². The number of likely N-dealkylation sites (tertiary alicyclic amines) is 2. The molecular formula is C33H41FN4O3. The Morgan fingerprint density at radius 2 is 1.80 bits per heavy atom. The number of aryl methyl sites for hydroxylation is 1. The maximum Gasteiger partial charge on any atom is 0.231 e. The zero-order valence-electron chi connectivity index (χ0n) is 24.7. The van der Waals surface area contributed by atoms with Gasteiger partial charge in [0.2, 0.25) is 17.7 Å². The lowest BCUT2D eigenvalue weighted by Crippen LogP contribution is -2.56. The second kappa shape index (κ2) is 10.6. The predicted octanol–water partition coefficient (Wildman–Crippen LogP) is 4.63. The number of piperidine rings is 1. The molecule has 3 amide bonds. The van der Waals surface area contributed by atoms with Gasteiger partial charge in [-0.25, -0.2) is 4.39 Å². The van der Waals surface area contributed by atoms with Gasteiger partial charge in [0.15, 0.2) is 0 Å². The summed E-state index contributed by atoms with van der Waals surface area (Å²) < 4.78 is 15.9. The number of nitrogens with two attached hydrogens (primary N) is 1. The molecule has 8 heteroatoms. The number of carbonyl (C=O) groups is 3. The number of benzene rings is 2. The van der Waals surface area contributed by atoms with E-state index in [0.717, 1.165) is 22.0 Å². The standard InChI is InChI=1S/C33H41FN4O3/c1-21(2)38-19-27(22-11-13-24(34)14-12-22)33(31(38)41)15-8-16-37(20-33)29(39)26(32(3,4)30(35)40)17-23-18-36(5)28-10-7-6-9-25(23)28/h6-7,9-14,18,21,26-27H,8,15-17,19-20H2,1-5H3,(H2,35,40)/t26-,27?,33?/m0/s1. The fourth-order valence-corrected chi connectivity index (χ4v) is 7.04. The molecule has 3 atom stereocenters. The fourth-order valence-electron chi connectivity index (χ4n) is 7.04. The summed E-state index contributed by atoms with van der Waals surface area (Å²) in [7, 11) is 1.97. The summed E-state index contributed by atoms with van der Waals surface area (Å²) in [6.07, 6.45) is 3.69. The number of hydrogen-bond acceptors (Lipinski definition) is 3. The zero-order valence-corrected chi connectivity index (χ0v) is 24.7. The summed E-state index contributed by atoms with van der Waals surface area (Å²) in [5, 5.41) is 1.04. The lowest BCUT2D eigenvalue weighted by Gasteiger charge is -2.44. The van der Waals surface area contributed by atoms with Gasteiger partial charge >= 0.3 is 0 Å². The van der Waals surface area contributed by atoms with E-state index in [1.165, 1.54) is 12.1 Å². The Kier molecular flexibility index (Phi) is 7.47. The van der Waals surface area contributed by atoms with E-state index in [9.17, 15) is 18.8 Å². The average Bonchev–Trinajstić information content (AvgIpc) is 3.41. The summed E-state index contributed by atoms with van der Waals surface area (Å²) in [6.45, 7) is 8.77. The Hall–Kier alpha value is -3.68. The number of rotatable bonds is 7. The highest BCUT2D eigenvalue weighted by Crippen LogP contribution is 2.50. The van der Waals surface area contributed by atoms with Crippen LogP contribution in [0.25, 0.3) is 10.9 Å². The van der Waals surface area contributed by atoms with Gasteiger partial charge < -0.3 is 20.1 Å². The van der Waals surface area contributed by atoms with E-state index in [1.54, 1.807) is 30.9 Å². The van der Waals surface area contributed by atoms with Crippen LogP contribution >= 0.6 is 0 Å². The van der Waals surface area contributed by atoms with Gasteiger partial charge in [-0.1, -0.05) is 44.2 Å². The van der Waals surface area contributed by atoms with Crippen LogP contribution in [-0.4, -0.2) is 57.8 Å². The van der Waals surface area contributed by atoms with Crippen molar-refractivity contribution in [2.24, 2.45) is 29.5 Å². The number of primary amides is 1. The number of nitrogens with zero attached hydrogens (tertiary/aromatic N) is 3. The van der Waals surface area contributed by atoms with Crippen LogP contribution in [0.5, 0.6) is 0 Å². The third-order valence-corrected chi connectivity index (χ3v) is 9.67. The van der Waals surface area contributed by atoms with Gasteiger partial charge in [-0.2, -0.15) is 0 Å². The van der Waals surface area contributed by atoms with Crippen molar-refractivity contribution in [3.05, 3.63) is 71.7 Å². The number of carbonyl (C=O) groups excluding carboxylic acids is 3. The second-order valence-corrected chi connectivity index (χ2v) is 12.8. The number of halogens is 1. The predicted molar refractivity (Wildman–Crippen MR) is 157 cm³/mol. The molecule has 0 saturated carbocycles. The number of hydrogen-bond donors (Lipinski definition) is 1. The summed E-state index contributed by atoms with van der Waals surface area (Å²) in [5.41, 5.74) is 6.92. The number of para-hydroxylation sites is 1. The molecule has 3 aromatic rings. The summed E-state index contributed by atoms with van der Waals surface area (Å²) in [4.78, 5) is 45.0. The van der Waals surface area contributed by atoms with Crippen molar-refractivity contribution in [1.82, 2.24) is 14.4 Å². The maximum absolute atomic E-state index is 14.5. The molecule has 2 aliphatic rings. The van der Waals surface area contributed by atoms with Crippen LogP contribution < -0.4 is 5.73 Å². The molecule has 2 saturated heterocycles. The molecule has 1 aromatic heterocycles. The van der Waals surface area contributed by atoms with Crippen molar-refractivity contribution in [2.45, 2.75) is 58.9 Å². The van der Waals surface area contributed by atoms with Gasteiger partial charge in [0.1, 0.15) is 5.82 Å². The molecule has 2 aromatic carbocycles. The van der Waals surface area contributed by atoms with E-state index in [0.29, 0.717) is 32.4 Å². The highest BCUT2D eigenvalue weighted by atomic mass is 19.1. The first-order chi connectivity index (χ1) is 19.4. The van der Waals surface area contributed by atoms with Crippen molar-refractivity contribution in [1.29, 1.82) is 0 Å². The minimum atomic E-state index is -1.11. The van der Waals surface area contributed by atoms with Crippen LogP contribution in [0.4, 0.5) is 4.39 Å². The Morgan fingerprint density at radius 1 is 1.12 bits per heavy atom. The lowest BCUT2D eigenvalue weighted by molar-refractivity contribution is -0.151. The minimum absolute atomic E-state index is 0.00352. The van der Waals surface area contributed by atoms with Crippen molar-refractivity contribution in [3.8, 4) is 0 Å². The molecule has 2 N–H and O–H groups in total. The van der Waals surface area contributed by atoms with Crippen LogP contribution in [0.15, 0.2) is 54.7 Å². The van der Waals surface area contributed by atoms with Crippen LogP contribution in [0.1, 0.15) is 57.6 Å². The SMILES string of the molecule is CC(C)N1CC(c2ccc(F)cc2)C2(CCCN(C(=O)[C@H](Cc3cn(C)c4ccccc34)C(C)(C)C(N)=O)C2)C1=O. The van der Waals surface area contributed by atoms with Crippen molar-refractivity contribution in [3.63, 3.8) is 0 Å². The number of aromatic nitrogens is 1. The van der Waals surface area contributed by atoms with Gasteiger partial charge in [0.25, 0.3) is 0 Å². The first-order valence-electron chi connectivity index (χ1n) is 14.5. The Morgan fingerprint density at radius 3 is 2.46 bits per heavy atom. The van der Waals surface area contributed by atoms with E-state index >= 15 is 0 Å². The van der Waals surface area contributed by atoms with E-state index in [2.05, 4.69) is 0 Å². The van der Waals surface area contributed by atoms with E-state index in [1.807, 2.05) is 60.8 Å². The first-order valence-corrected chi connectivity index (χ1v) is 14.5. The molecule has 0 bridgehead atoms. The quantitative estimate of drug-likeness (QED) is 0.457. The highest BCUT2D eigenvalue weighted by molar-refractivity contribution is 5.92. The maximum atomic E-state index is 14.5. The van der Waals surface area contributed by atoms with Crippen molar-refractivity contribution >= 4 is 28.6 Å². The van der Waals surface area contributed by atoms with E-state index in [4.69, 9.17) is 5.73 Å². The van der Waals surface area contributed by atoms with Crippen molar-refractivity contribution < 1.29 is 18.8 Å². The summed E-state index contributed by atoms with van der Waals surface area (Å²) in [5.74, 6) is -1.85. The molecule has 7 nitrogen and oxygen atoms in total. The van der Waals surface area contributed by atoms with E-state index in [-0.39, 0.29) is 36.1 Å². The topological polar surface area (TPSA) is 88.6 Å². The lowest BCUT2D eigenvalue weighted by atomic mass is 9.68. The molecule has 1 spiro atoms. The molecule has 0 aliphatic carbocycles. The first kappa shape index (κ1) is 28.8. The van der Waals surface area contributed by atoms with Gasteiger partial charge in [0.05, 0.1) is 16.7 Å². The Bertz CT molecular complexity index is 1480. The largest absolute Gasteiger partial charge is 0.369 e. The Balaban J connectivity index is 1.52. The molecule has 218 valence electrons. The summed E-state index contributed by atoms with van der Waals surface area (Å²) in [6, 6.07) is 14.4. The molecule has 3 heterocycles. The molecule has 0 radical (unpaired) electrons. The van der Waals surface area contributed by atoms with E-state index < -0.39 is 22.7 Å². The zero-order chi connectivity index (χ0) is 29.7. The molecule has 2 aliphatic heterocycles. The van der Waals surface area contributed by atoms with Gasteiger partial charge in [-0.15, -0.1) is 0 Å². The van der Waals surface area contributed by atoms with Gasteiger partial charge in [0, 0.05) is 55.7 Å². The number of amides is 3.